The van der Waals surface area contributed by atoms with Gasteiger partial charge < -0.3 is 9.47 Å². The number of aromatic nitrogens is 1. The van der Waals surface area contributed by atoms with E-state index in [0.717, 1.165) is 17.1 Å². The molecule has 0 saturated heterocycles. The van der Waals surface area contributed by atoms with Crippen molar-refractivity contribution in [3.05, 3.63) is 289 Å². The molecule has 16 rings (SSSR count). The van der Waals surface area contributed by atoms with Gasteiger partial charge in [0.25, 0.3) is 0 Å². The van der Waals surface area contributed by atoms with Gasteiger partial charge in [-0.1, -0.05) is 200 Å². The van der Waals surface area contributed by atoms with Crippen LogP contribution in [-0.2, 0) is 5.41 Å². The van der Waals surface area contributed by atoms with Crippen LogP contribution in [0.5, 0.6) is 0 Å². The Morgan fingerprint density at radius 3 is 1.68 bits per heavy atom. The van der Waals surface area contributed by atoms with E-state index >= 15 is 0 Å². The molecule has 0 fully saturated rings. The van der Waals surface area contributed by atoms with E-state index < -0.39 is 5.41 Å². The Kier molecular flexibility index (Phi) is 8.86. The summed E-state index contributed by atoms with van der Waals surface area (Å²) in [6.07, 6.45) is 0. The van der Waals surface area contributed by atoms with Crippen LogP contribution >= 0.6 is 11.3 Å². The van der Waals surface area contributed by atoms with Gasteiger partial charge >= 0.3 is 0 Å². The molecule has 0 aliphatic heterocycles. The highest BCUT2D eigenvalue weighted by molar-refractivity contribution is 7.26. The van der Waals surface area contributed by atoms with Gasteiger partial charge in [-0.2, -0.15) is 0 Å². The fraction of sp³-hybridized carbons (Fsp3) is 0.0141. The number of nitrogens with zero attached hydrogens (tertiary/aromatic N) is 2. The predicted molar refractivity (Wildman–Crippen MR) is 313 cm³/mol. The normalized spacial score (nSPS) is 13.0. The molecule has 14 aromatic rings. The molecule has 0 saturated carbocycles. The topological polar surface area (TPSA) is 8.17 Å². The van der Waals surface area contributed by atoms with Crippen molar-refractivity contribution in [2.45, 2.75) is 5.41 Å². The van der Waals surface area contributed by atoms with Gasteiger partial charge in [-0.15, -0.1) is 11.3 Å². The molecule has 344 valence electrons. The Labute approximate surface area is 432 Å². The molecule has 0 N–H and O–H groups in total. The first kappa shape index (κ1) is 41.3. The molecule has 2 heterocycles. The highest BCUT2D eigenvalue weighted by atomic mass is 32.1. The van der Waals surface area contributed by atoms with E-state index in [2.05, 4.69) is 276 Å². The smallest absolute Gasteiger partial charge is 0.0726 e. The van der Waals surface area contributed by atoms with Crippen molar-refractivity contribution in [2.24, 2.45) is 0 Å². The average molecular weight is 957 g/mol. The number of para-hydroxylation sites is 1. The molecule has 0 radical (unpaired) electrons. The molecule has 2 aromatic heterocycles. The SMILES string of the molecule is c1ccc(-c2ccc(N(c3cccc(-c4cc5c6ccccc6n(-c6ccc7ccccc7c6)c5c5c4sc4ccccc45)c3)c3ccc4c(c3)C3(c5ccccc5-c5ccccc53)c3ccccc3-4)cc2)cc1. The molecule has 0 unspecified atom stereocenters. The van der Waals surface area contributed by atoms with Crippen molar-refractivity contribution in [1.29, 1.82) is 0 Å². The lowest BCUT2D eigenvalue weighted by Gasteiger charge is -2.32. The fourth-order valence-electron chi connectivity index (χ4n) is 13.1. The van der Waals surface area contributed by atoms with E-state index in [1.807, 2.05) is 11.3 Å². The number of fused-ring (bicyclic) bond motifs is 18. The molecule has 2 aliphatic carbocycles. The number of anilines is 3. The second-order valence-corrected chi connectivity index (χ2v) is 21.0. The lowest BCUT2D eigenvalue weighted by Crippen LogP contribution is -2.26. The summed E-state index contributed by atoms with van der Waals surface area (Å²) < 4.78 is 5.08. The van der Waals surface area contributed by atoms with Crippen molar-refractivity contribution >= 4 is 81.1 Å². The highest BCUT2D eigenvalue weighted by Crippen LogP contribution is 2.63. The standard InChI is InChI=1S/C71H44N2S/c1-2-17-45(18-3-1)47-33-36-50(37-34-47)72(53-39-40-57-56-25-8-13-30-64(56)71(65(57)43-53)62-28-11-6-23-54(62)55-24-7-12-29-63(55)71)51-22-16-21-49(42-51)60-44-61-58-26-9-14-31-66(58)73(52-38-35-46-19-4-5-20-48(46)41-52)69(61)68-59-27-10-15-32-67(59)74-70(60)68/h1-44H. The number of rotatable bonds is 6. The van der Waals surface area contributed by atoms with E-state index in [-0.39, 0.29) is 0 Å². The first-order valence-electron chi connectivity index (χ1n) is 25.6. The first-order valence-corrected chi connectivity index (χ1v) is 26.4. The zero-order valence-electron chi connectivity index (χ0n) is 40.2. The maximum Gasteiger partial charge on any atom is 0.0726 e. The zero-order chi connectivity index (χ0) is 48.5. The Morgan fingerprint density at radius 2 is 0.919 bits per heavy atom. The summed E-state index contributed by atoms with van der Waals surface area (Å²) in [6.45, 7) is 0. The Morgan fingerprint density at radius 1 is 0.338 bits per heavy atom. The van der Waals surface area contributed by atoms with Gasteiger partial charge in [-0.3, -0.25) is 0 Å². The van der Waals surface area contributed by atoms with Gasteiger partial charge in [0.1, 0.15) is 0 Å². The van der Waals surface area contributed by atoms with E-state index in [9.17, 15) is 0 Å². The van der Waals surface area contributed by atoms with Crippen molar-refractivity contribution < 1.29 is 0 Å². The van der Waals surface area contributed by atoms with Gasteiger partial charge in [0.2, 0.25) is 0 Å². The van der Waals surface area contributed by atoms with Crippen LogP contribution in [0.15, 0.2) is 267 Å². The summed E-state index contributed by atoms with van der Waals surface area (Å²) in [5.41, 5.74) is 21.8. The van der Waals surface area contributed by atoms with E-state index in [0.29, 0.717) is 0 Å². The third-order valence-corrected chi connectivity index (χ3v) is 17.4. The second-order valence-electron chi connectivity index (χ2n) is 19.9. The summed E-state index contributed by atoms with van der Waals surface area (Å²) in [4.78, 5) is 2.48. The number of hydrogen-bond donors (Lipinski definition) is 0. The molecule has 0 bridgehead atoms. The van der Waals surface area contributed by atoms with E-state index in [4.69, 9.17) is 0 Å². The molecular formula is C71H44N2S. The molecule has 0 amide bonds. The summed E-state index contributed by atoms with van der Waals surface area (Å²) in [5, 5.41) is 7.54. The predicted octanol–water partition coefficient (Wildman–Crippen LogP) is 19.5. The van der Waals surface area contributed by atoms with Crippen LogP contribution in [0.2, 0.25) is 0 Å². The van der Waals surface area contributed by atoms with Crippen LogP contribution in [-0.4, -0.2) is 4.57 Å². The van der Waals surface area contributed by atoms with Crippen molar-refractivity contribution in [3.8, 4) is 50.2 Å². The Hall–Kier alpha value is -9.28. The third-order valence-electron chi connectivity index (χ3n) is 16.2. The maximum absolute atomic E-state index is 2.51. The molecular weight excluding hydrogens is 913 g/mol. The summed E-state index contributed by atoms with van der Waals surface area (Å²) in [6, 6.07) is 99.6. The second kappa shape index (κ2) is 15.9. The van der Waals surface area contributed by atoms with Crippen LogP contribution in [0.1, 0.15) is 22.3 Å². The van der Waals surface area contributed by atoms with Gasteiger partial charge in [0.15, 0.2) is 0 Å². The monoisotopic (exact) mass is 956 g/mol. The Bertz CT molecular complexity index is 4550. The third kappa shape index (κ3) is 5.81. The maximum atomic E-state index is 2.51. The number of hydrogen-bond acceptors (Lipinski definition) is 2. The lowest BCUT2D eigenvalue weighted by atomic mass is 9.70. The molecule has 1 spiro atoms. The van der Waals surface area contributed by atoms with Crippen molar-refractivity contribution in [3.63, 3.8) is 0 Å². The van der Waals surface area contributed by atoms with E-state index in [1.54, 1.807) is 0 Å². The van der Waals surface area contributed by atoms with Crippen LogP contribution in [0.4, 0.5) is 17.1 Å². The van der Waals surface area contributed by atoms with E-state index in [1.165, 1.54) is 125 Å². The molecule has 2 nitrogen and oxygen atoms in total. The van der Waals surface area contributed by atoms with Gasteiger partial charge in [-0.25, -0.2) is 0 Å². The average Bonchev–Trinajstić information content (AvgIpc) is 4.20. The minimum atomic E-state index is -0.464. The summed E-state index contributed by atoms with van der Waals surface area (Å²) in [5.74, 6) is 0. The number of thiophene rings is 1. The zero-order valence-corrected chi connectivity index (χ0v) is 41.0. The van der Waals surface area contributed by atoms with Crippen LogP contribution < -0.4 is 4.90 Å². The lowest BCUT2D eigenvalue weighted by molar-refractivity contribution is 0.793. The molecule has 0 atom stereocenters. The minimum Gasteiger partial charge on any atom is -0.310 e. The van der Waals surface area contributed by atoms with Gasteiger partial charge in [0.05, 0.1) is 16.4 Å². The van der Waals surface area contributed by atoms with Crippen LogP contribution in [0, 0.1) is 0 Å². The van der Waals surface area contributed by atoms with Crippen LogP contribution in [0.25, 0.3) is 103 Å². The largest absolute Gasteiger partial charge is 0.310 e. The summed E-state index contributed by atoms with van der Waals surface area (Å²) in [7, 11) is 0. The molecule has 2 aliphatic rings. The number of benzene rings is 12. The van der Waals surface area contributed by atoms with Gasteiger partial charge in [-0.05, 0) is 139 Å². The molecule has 12 aromatic carbocycles. The minimum absolute atomic E-state index is 0.464. The highest BCUT2D eigenvalue weighted by Gasteiger charge is 2.51. The first-order chi connectivity index (χ1) is 36.7. The summed E-state index contributed by atoms with van der Waals surface area (Å²) >= 11 is 1.90. The quantitative estimate of drug-likeness (QED) is 0.161. The molecule has 3 heteroatoms. The molecule has 74 heavy (non-hydrogen) atoms. The Balaban J connectivity index is 0.935. The van der Waals surface area contributed by atoms with Crippen molar-refractivity contribution in [1.82, 2.24) is 4.57 Å². The van der Waals surface area contributed by atoms with Crippen molar-refractivity contribution in [2.75, 3.05) is 4.90 Å². The fourth-order valence-corrected chi connectivity index (χ4v) is 14.3. The van der Waals surface area contributed by atoms with Crippen LogP contribution in [0.3, 0.4) is 0 Å². The van der Waals surface area contributed by atoms with Gasteiger partial charge in [0, 0.05) is 59.3 Å².